The molecular weight excluding hydrogens is 240 g/mol. The molecule has 0 bridgehead atoms. The molecule has 0 amide bonds. The van der Waals surface area contributed by atoms with E-state index in [1.807, 2.05) is 0 Å². The maximum Gasteiger partial charge on any atom is 0.286 e. The molecule has 0 aliphatic rings. The van der Waals surface area contributed by atoms with Gasteiger partial charge < -0.3 is 0 Å². The van der Waals surface area contributed by atoms with Crippen LogP contribution in [0.2, 0.25) is 0 Å². The number of benzene rings is 1. The number of nitriles is 1. The van der Waals surface area contributed by atoms with Crippen LogP contribution in [0, 0.1) is 11.3 Å². The van der Waals surface area contributed by atoms with Crippen LogP contribution in [0.5, 0.6) is 0 Å². The number of hydrogen-bond acceptors (Lipinski definition) is 1. The molecule has 1 aromatic carbocycles. The van der Waals surface area contributed by atoms with Crippen molar-refractivity contribution in [2.45, 2.75) is 12.3 Å². The van der Waals surface area contributed by atoms with E-state index in [-0.39, 0.29) is 5.56 Å². The van der Waals surface area contributed by atoms with Crippen molar-refractivity contribution in [2.75, 3.05) is 0 Å². The monoisotopic (exact) mass is 245 g/mol. The van der Waals surface area contributed by atoms with Crippen molar-refractivity contribution in [3.63, 3.8) is 0 Å². The van der Waals surface area contributed by atoms with E-state index < -0.39 is 12.3 Å². The van der Waals surface area contributed by atoms with Crippen molar-refractivity contribution < 1.29 is 8.78 Å². The van der Waals surface area contributed by atoms with E-state index in [1.165, 1.54) is 30.3 Å². The van der Waals surface area contributed by atoms with Gasteiger partial charge in [0.25, 0.3) is 5.92 Å². The minimum atomic E-state index is -3.05. The van der Waals surface area contributed by atoms with Gasteiger partial charge in [-0.2, -0.15) is 5.26 Å². The summed E-state index contributed by atoms with van der Waals surface area (Å²) in [7, 11) is 0. The van der Waals surface area contributed by atoms with Crippen LogP contribution in [0.4, 0.5) is 8.78 Å². The first-order valence-corrected chi connectivity index (χ1v) is 4.36. The number of rotatable bonds is 2. The van der Waals surface area contributed by atoms with Gasteiger partial charge in [0, 0.05) is 10.0 Å². The molecule has 0 saturated heterocycles. The second-order valence-electron chi connectivity index (χ2n) is 2.55. The predicted octanol–water partition coefficient (Wildman–Crippen LogP) is 3.45. The summed E-state index contributed by atoms with van der Waals surface area (Å²) < 4.78 is 26.8. The summed E-state index contributed by atoms with van der Waals surface area (Å²) in [4.78, 5) is 0. The van der Waals surface area contributed by atoms with Gasteiger partial charge in [-0.15, -0.1) is 0 Å². The lowest BCUT2D eigenvalue weighted by Crippen LogP contribution is -2.11. The van der Waals surface area contributed by atoms with Crippen molar-refractivity contribution in [1.82, 2.24) is 0 Å². The fraction of sp³-hybridized carbons (Fsp3) is 0.222. The van der Waals surface area contributed by atoms with Gasteiger partial charge >= 0.3 is 0 Å². The van der Waals surface area contributed by atoms with Gasteiger partial charge in [0.1, 0.15) is 6.42 Å². The van der Waals surface area contributed by atoms with E-state index >= 15 is 0 Å². The predicted molar refractivity (Wildman–Crippen MR) is 48.3 cm³/mol. The minimum Gasteiger partial charge on any atom is -0.200 e. The third-order valence-corrected chi connectivity index (χ3v) is 2.10. The molecule has 0 atom stereocenters. The van der Waals surface area contributed by atoms with E-state index in [0.717, 1.165) is 4.47 Å². The van der Waals surface area contributed by atoms with Crippen LogP contribution in [0.1, 0.15) is 12.0 Å². The summed E-state index contributed by atoms with van der Waals surface area (Å²) in [6, 6.07) is 7.13. The van der Waals surface area contributed by atoms with Gasteiger partial charge in [-0.25, -0.2) is 8.78 Å². The van der Waals surface area contributed by atoms with Crippen molar-refractivity contribution >= 4 is 15.9 Å². The average molecular weight is 246 g/mol. The van der Waals surface area contributed by atoms with Gasteiger partial charge in [0.15, 0.2) is 0 Å². The molecule has 13 heavy (non-hydrogen) atoms. The molecule has 0 N–H and O–H groups in total. The van der Waals surface area contributed by atoms with Crippen molar-refractivity contribution in [1.29, 1.82) is 5.26 Å². The Morgan fingerprint density at radius 3 is 2.31 bits per heavy atom. The van der Waals surface area contributed by atoms with E-state index in [4.69, 9.17) is 5.26 Å². The van der Waals surface area contributed by atoms with Crippen LogP contribution in [0.25, 0.3) is 0 Å². The van der Waals surface area contributed by atoms with Crippen LogP contribution in [-0.4, -0.2) is 0 Å². The maximum absolute atomic E-state index is 13.1. The normalized spacial score (nSPS) is 10.9. The SMILES string of the molecule is N#CCC(F)(F)c1ccc(Br)cc1. The minimum absolute atomic E-state index is 0.128. The van der Waals surface area contributed by atoms with E-state index in [0.29, 0.717) is 0 Å². The first-order chi connectivity index (χ1) is 6.06. The van der Waals surface area contributed by atoms with Crippen molar-refractivity contribution in [3.8, 4) is 6.07 Å². The Hall–Kier alpha value is -0.950. The first-order valence-electron chi connectivity index (χ1n) is 3.57. The van der Waals surface area contributed by atoms with Gasteiger partial charge in [0.05, 0.1) is 6.07 Å². The molecule has 0 unspecified atom stereocenters. The molecule has 0 aliphatic carbocycles. The summed E-state index contributed by atoms with van der Waals surface area (Å²) in [5, 5.41) is 8.18. The number of nitrogens with zero attached hydrogens (tertiary/aromatic N) is 1. The second kappa shape index (κ2) is 3.84. The highest BCUT2D eigenvalue weighted by molar-refractivity contribution is 9.10. The summed E-state index contributed by atoms with van der Waals surface area (Å²) in [6.45, 7) is 0. The largest absolute Gasteiger partial charge is 0.286 e. The van der Waals surface area contributed by atoms with Gasteiger partial charge in [-0.05, 0) is 12.1 Å². The lowest BCUT2D eigenvalue weighted by atomic mass is 10.1. The molecule has 1 aromatic rings. The summed E-state index contributed by atoms with van der Waals surface area (Å²) >= 11 is 3.14. The molecule has 1 nitrogen and oxygen atoms in total. The Labute approximate surface area is 83.1 Å². The van der Waals surface area contributed by atoms with Gasteiger partial charge in [0.2, 0.25) is 0 Å². The molecule has 0 radical (unpaired) electrons. The zero-order valence-corrected chi connectivity index (χ0v) is 8.18. The molecule has 0 spiro atoms. The summed E-state index contributed by atoms with van der Waals surface area (Å²) in [6.07, 6.45) is -0.783. The zero-order valence-electron chi connectivity index (χ0n) is 6.60. The Kier molecular flexibility index (Phi) is 2.99. The molecule has 0 aromatic heterocycles. The smallest absolute Gasteiger partial charge is 0.200 e. The summed E-state index contributed by atoms with van der Waals surface area (Å²) in [5.74, 6) is -3.05. The molecule has 1 rings (SSSR count). The highest BCUT2D eigenvalue weighted by Crippen LogP contribution is 2.31. The average Bonchev–Trinajstić information content (AvgIpc) is 2.05. The molecule has 0 heterocycles. The van der Waals surface area contributed by atoms with E-state index in [9.17, 15) is 8.78 Å². The number of alkyl halides is 2. The molecular formula is C9H6BrF2N. The third-order valence-electron chi connectivity index (χ3n) is 1.57. The van der Waals surface area contributed by atoms with Gasteiger partial charge in [-0.3, -0.25) is 0 Å². The topological polar surface area (TPSA) is 23.8 Å². The highest BCUT2D eigenvalue weighted by atomic mass is 79.9. The first kappa shape index (κ1) is 10.1. The van der Waals surface area contributed by atoms with Crippen LogP contribution in [-0.2, 0) is 5.92 Å². The Bertz CT molecular complexity index is 326. The van der Waals surface area contributed by atoms with Crippen molar-refractivity contribution in [3.05, 3.63) is 34.3 Å². The molecule has 68 valence electrons. The van der Waals surface area contributed by atoms with Gasteiger partial charge in [-0.1, -0.05) is 28.1 Å². The van der Waals surface area contributed by atoms with E-state index in [1.54, 1.807) is 0 Å². The van der Waals surface area contributed by atoms with Crippen LogP contribution >= 0.6 is 15.9 Å². The number of hydrogen-bond donors (Lipinski definition) is 0. The highest BCUT2D eigenvalue weighted by Gasteiger charge is 2.30. The summed E-state index contributed by atoms with van der Waals surface area (Å²) in [5.41, 5.74) is -0.128. The van der Waals surface area contributed by atoms with Crippen molar-refractivity contribution in [2.24, 2.45) is 0 Å². The maximum atomic E-state index is 13.1. The lowest BCUT2D eigenvalue weighted by Gasteiger charge is -2.12. The zero-order chi connectivity index (χ0) is 9.90. The quantitative estimate of drug-likeness (QED) is 0.783. The fourth-order valence-corrected chi connectivity index (χ4v) is 1.16. The van der Waals surface area contributed by atoms with E-state index in [2.05, 4.69) is 15.9 Å². The molecule has 0 aliphatic heterocycles. The standard InChI is InChI=1S/C9H6BrF2N/c10-8-3-1-7(2-4-8)9(11,12)5-6-13/h1-4H,5H2. The lowest BCUT2D eigenvalue weighted by molar-refractivity contribution is 0.000938. The van der Waals surface area contributed by atoms with Crippen LogP contribution in [0.15, 0.2) is 28.7 Å². The number of halogens is 3. The Morgan fingerprint density at radius 2 is 1.85 bits per heavy atom. The van der Waals surface area contributed by atoms with Crippen LogP contribution in [0.3, 0.4) is 0 Å². The third kappa shape index (κ3) is 2.49. The Balaban J connectivity index is 2.95. The molecule has 0 fully saturated rings. The van der Waals surface area contributed by atoms with Crippen LogP contribution < -0.4 is 0 Å². The fourth-order valence-electron chi connectivity index (χ4n) is 0.895. The Morgan fingerprint density at radius 1 is 1.31 bits per heavy atom. The second-order valence-corrected chi connectivity index (χ2v) is 3.46. The molecule has 0 saturated carbocycles. The molecule has 4 heteroatoms.